The average Bonchev–Trinajstić information content (AvgIpc) is 2.86. The molecule has 4 nitrogen and oxygen atoms in total. The van der Waals surface area contributed by atoms with Crippen LogP contribution in [-0.4, -0.2) is 53.4 Å². The number of amides is 1. The molecular formula is C13H21F3N2O2. The maximum Gasteiger partial charge on any atom is 0.401 e. The van der Waals surface area contributed by atoms with Crippen LogP contribution >= 0.6 is 0 Å². The molecule has 0 spiro atoms. The molecule has 0 bridgehead atoms. The molecule has 2 rings (SSSR count). The Morgan fingerprint density at radius 3 is 2.60 bits per heavy atom. The first-order valence-electron chi connectivity index (χ1n) is 7.07. The molecule has 1 saturated carbocycles. The Morgan fingerprint density at radius 1 is 1.35 bits per heavy atom. The van der Waals surface area contributed by atoms with Crippen molar-refractivity contribution in [1.29, 1.82) is 0 Å². The molecule has 7 heteroatoms. The van der Waals surface area contributed by atoms with Gasteiger partial charge in [0.2, 0.25) is 5.91 Å². The second kappa shape index (κ2) is 5.89. The lowest BCUT2D eigenvalue weighted by Crippen LogP contribution is -2.42. The highest BCUT2D eigenvalue weighted by molar-refractivity contribution is 5.77. The largest absolute Gasteiger partial charge is 0.401 e. The second-order valence-corrected chi connectivity index (χ2v) is 6.01. The van der Waals surface area contributed by atoms with E-state index in [1.165, 1.54) is 4.90 Å². The van der Waals surface area contributed by atoms with Crippen LogP contribution in [0.15, 0.2) is 0 Å². The minimum atomic E-state index is -4.20. The van der Waals surface area contributed by atoms with Gasteiger partial charge in [0.25, 0.3) is 0 Å². The van der Waals surface area contributed by atoms with Crippen LogP contribution in [0.2, 0.25) is 0 Å². The van der Waals surface area contributed by atoms with E-state index in [2.05, 4.69) is 5.32 Å². The number of likely N-dealkylation sites (tertiary alicyclic amines) is 1. The predicted octanol–water partition coefficient (Wildman–Crippen LogP) is 1.43. The quantitative estimate of drug-likeness (QED) is 0.825. The van der Waals surface area contributed by atoms with Gasteiger partial charge < -0.3 is 10.4 Å². The summed E-state index contributed by atoms with van der Waals surface area (Å²) < 4.78 is 36.8. The van der Waals surface area contributed by atoms with Crippen molar-refractivity contribution in [2.24, 2.45) is 0 Å². The topological polar surface area (TPSA) is 52.6 Å². The van der Waals surface area contributed by atoms with Gasteiger partial charge in [0.05, 0.1) is 18.6 Å². The highest BCUT2D eigenvalue weighted by atomic mass is 19.4. The van der Waals surface area contributed by atoms with Crippen molar-refractivity contribution in [1.82, 2.24) is 10.2 Å². The third-order valence-corrected chi connectivity index (χ3v) is 4.06. The van der Waals surface area contributed by atoms with E-state index >= 15 is 0 Å². The summed E-state index contributed by atoms with van der Waals surface area (Å²) in [5.41, 5.74) is -0.908. The normalized spacial score (nSPS) is 26.9. The summed E-state index contributed by atoms with van der Waals surface area (Å²) in [6, 6.07) is -0.241. The molecule has 2 fully saturated rings. The van der Waals surface area contributed by atoms with Crippen LogP contribution in [0.4, 0.5) is 13.2 Å². The highest BCUT2D eigenvalue weighted by Gasteiger charge is 2.36. The molecule has 1 aliphatic carbocycles. The minimum absolute atomic E-state index is 0.0583. The monoisotopic (exact) mass is 294 g/mol. The summed E-state index contributed by atoms with van der Waals surface area (Å²) in [5.74, 6) is -0.256. The minimum Gasteiger partial charge on any atom is -0.389 e. The molecule has 0 aromatic carbocycles. The molecule has 20 heavy (non-hydrogen) atoms. The molecule has 116 valence electrons. The molecule has 0 aromatic rings. The average molecular weight is 294 g/mol. The van der Waals surface area contributed by atoms with Gasteiger partial charge in [-0.05, 0) is 19.3 Å². The fourth-order valence-corrected chi connectivity index (χ4v) is 3.14. The van der Waals surface area contributed by atoms with Crippen molar-refractivity contribution >= 4 is 5.91 Å². The zero-order valence-corrected chi connectivity index (χ0v) is 11.4. The van der Waals surface area contributed by atoms with Crippen LogP contribution in [0.25, 0.3) is 0 Å². The first-order valence-corrected chi connectivity index (χ1v) is 7.07. The summed E-state index contributed by atoms with van der Waals surface area (Å²) >= 11 is 0. The Labute approximate surface area is 116 Å². The Balaban J connectivity index is 1.73. The van der Waals surface area contributed by atoms with Crippen LogP contribution in [0.5, 0.6) is 0 Å². The van der Waals surface area contributed by atoms with Crippen molar-refractivity contribution in [3.63, 3.8) is 0 Å². The van der Waals surface area contributed by atoms with Gasteiger partial charge in [-0.3, -0.25) is 9.69 Å². The van der Waals surface area contributed by atoms with Gasteiger partial charge in [0.15, 0.2) is 0 Å². The number of rotatable bonds is 4. The van der Waals surface area contributed by atoms with Crippen LogP contribution in [-0.2, 0) is 4.79 Å². The molecule has 2 aliphatic rings. The molecule has 2 N–H and O–H groups in total. The van der Waals surface area contributed by atoms with E-state index in [9.17, 15) is 23.1 Å². The van der Waals surface area contributed by atoms with Gasteiger partial charge in [-0.1, -0.05) is 12.8 Å². The van der Waals surface area contributed by atoms with E-state index in [0.717, 1.165) is 12.8 Å². The standard InChI is InChI=1S/C13H21F3N2O2/c14-13(15,16)9-18-6-3-10(8-18)17-11(19)7-12(20)4-1-2-5-12/h10,20H,1-9H2,(H,17,19). The van der Waals surface area contributed by atoms with E-state index in [1.54, 1.807) is 0 Å². The van der Waals surface area contributed by atoms with Crippen molar-refractivity contribution in [3.05, 3.63) is 0 Å². The fraction of sp³-hybridized carbons (Fsp3) is 0.923. The number of hydrogen-bond donors (Lipinski definition) is 2. The van der Waals surface area contributed by atoms with E-state index in [0.29, 0.717) is 25.8 Å². The molecule has 0 aromatic heterocycles. The first kappa shape index (κ1) is 15.6. The number of halogens is 3. The van der Waals surface area contributed by atoms with Crippen molar-refractivity contribution in [2.75, 3.05) is 19.6 Å². The van der Waals surface area contributed by atoms with E-state index in [4.69, 9.17) is 0 Å². The number of nitrogens with one attached hydrogen (secondary N) is 1. The molecule has 1 unspecified atom stereocenters. The summed E-state index contributed by atoms with van der Waals surface area (Å²) in [6.45, 7) is -0.359. The Kier molecular flexibility index (Phi) is 4.59. The molecule has 1 aliphatic heterocycles. The number of nitrogens with zero attached hydrogens (tertiary/aromatic N) is 1. The summed E-state index contributed by atoms with van der Waals surface area (Å²) in [5, 5.41) is 12.9. The van der Waals surface area contributed by atoms with Crippen LogP contribution < -0.4 is 5.32 Å². The number of alkyl halides is 3. The van der Waals surface area contributed by atoms with Crippen LogP contribution in [0.3, 0.4) is 0 Å². The van der Waals surface area contributed by atoms with Gasteiger partial charge in [0.1, 0.15) is 0 Å². The Hall–Kier alpha value is -0.820. The van der Waals surface area contributed by atoms with Crippen molar-refractivity contribution in [2.45, 2.75) is 56.3 Å². The number of hydrogen-bond acceptors (Lipinski definition) is 3. The fourth-order valence-electron chi connectivity index (χ4n) is 3.14. The van der Waals surface area contributed by atoms with Crippen LogP contribution in [0, 0.1) is 0 Å². The van der Waals surface area contributed by atoms with Crippen molar-refractivity contribution < 1.29 is 23.1 Å². The molecular weight excluding hydrogens is 273 g/mol. The maximum absolute atomic E-state index is 12.3. The summed E-state index contributed by atoms with van der Waals surface area (Å²) in [7, 11) is 0. The highest BCUT2D eigenvalue weighted by Crippen LogP contribution is 2.32. The van der Waals surface area contributed by atoms with Gasteiger partial charge in [-0.2, -0.15) is 13.2 Å². The Bertz CT molecular complexity index is 354. The lowest BCUT2D eigenvalue weighted by atomic mass is 9.97. The zero-order valence-electron chi connectivity index (χ0n) is 11.4. The molecule has 1 atom stereocenters. The third kappa shape index (κ3) is 4.63. The van der Waals surface area contributed by atoms with Crippen molar-refractivity contribution in [3.8, 4) is 0 Å². The predicted molar refractivity (Wildman–Crippen MR) is 67.1 cm³/mol. The SMILES string of the molecule is O=C(CC1(O)CCCC1)NC1CCN(CC(F)(F)F)C1. The van der Waals surface area contributed by atoms with E-state index in [1.807, 2.05) is 0 Å². The first-order chi connectivity index (χ1) is 9.26. The van der Waals surface area contributed by atoms with Gasteiger partial charge >= 0.3 is 6.18 Å². The summed E-state index contributed by atoms with van der Waals surface area (Å²) in [4.78, 5) is 13.1. The maximum atomic E-state index is 12.3. The van der Waals surface area contributed by atoms with Gasteiger partial charge in [-0.25, -0.2) is 0 Å². The van der Waals surface area contributed by atoms with Gasteiger partial charge in [0, 0.05) is 19.1 Å². The third-order valence-electron chi connectivity index (χ3n) is 4.06. The molecule has 1 heterocycles. The summed E-state index contributed by atoms with van der Waals surface area (Å²) in [6.07, 6.45) is -0.503. The lowest BCUT2D eigenvalue weighted by molar-refractivity contribution is -0.143. The number of carbonyl (C=O) groups is 1. The van der Waals surface area contributed by atoms with Gasteiger partial charge in [-0.15, -0.1) is 0 Å². The Morgan fingerprint density at radius 2 is 2.00 bits per heavy atom. The molecule has 1 saturated heterocycles. The van der Waals surface area contributed by atoms with E-state index in [-0.39, 0.29) is 24.9 Å². The zero-order chi connectivity index (χ0) is 14.8. The smallest absolute Gasteiger partial charge is 0.389 e. The molecule has 0 radical (unpaired) electrons. The number of carbonyl (C=O) groups excluding carboxylic acids is 1. The lowest BCUT2D eigenvalue weighted by Gasteiger charge is -2.23. The second-order valence-electron chi connectivity index (χ2n) is 6.01. The van der Waals surface area contributed by atoms with Crippen LogP contribution in [0.1, 0.15) is 38.5 Å². The number of aliphatic hydroxyl groups is 1. The van der Waals surface area contributed by atoms with E-state index < -0.39 is 18.3 Å². The molecule has 1 amide bonds.